The monoisotopic (exact) mass is 377 g/mol. The van der Waals surface area contributed by atoms with Gasteiger partial charge in [0.25, 0.3) is 5.91 Å². The Morgan fingerprint density at radius 3 is 2.89 bits per heavy atom. The van der Waals surface area contributed by atoms with Crippen molar-refractivity contribution in [2.75, 3.05) is 6.54 Å². The number of likely N-dealkylation sites (tertiary alicyclic amines) is 1. The average molecular weight is 377 g/mol. The third kappa shape index (κ3) is 2.65. The molecule has 1 atom stereocenters. The standard InChI is InChI=1S/C20H16FN5O2/c21-14-7-2-1-6-13(14)17-12-15(24-28-17)20(27)25-11-5-8-16(25)19-23-22-18-9-3-4-10-26(18)19/h1-4,6-7,9-10,12,16H,5,8,11H2/t16-/m1/s1. The summed E-state index contributed by atoms with van der Waals surface area (Å²) in [5, 5.41) is 12.4. The van der Waals surface area contributed by atoms with Gasteiger partial charge in [0.2, 0.25) is 0 Å². The Labute approximate surface area is 159 Å². The van der Waals surface area contributed by atoms with Crippen LogP contribution >= 0.6 is 0 Å². The molecule has 1 fully saturated rings. The van der Waals surface area contributed by atoms with Crippen molar-refractivity contribution in [3.05, 3.63) is 72.1 Å². The highest BCUT2D eigenvalue weighted by Gasteiger charge is 2.35. The van der Waals surface area contributed by atoms with Crippen LogP contribution < -0.4 is 0 Å². The lowest BCUT2D eigenvalue weighted by atomic mass is 10.1. The molecule has 4 heterocycles. The Morgan fingerprint density at radius 1 is 1.14 bits per heavy atom. The van der Waals surface area contributed by atoms with Crippen LogP contribution in [0.3, 0.4) is 0 Å². The van der Waals surface area contributed by atoms with Crippen molar-refractivity contribution in [3.8, 4) is 11.3 Å². The molecule has 28 heavy (non-hydrogen) atoms. The van der Waals surface area contributed by atoms with Gasteiger partial charge in [-0.3, -0.25) is 9.20 Å². The zero-order valence-corrected chi connectivity index (χ0v) is 14.8. The molecule has 1 aromatic carbocycles. The number of halogens is 1. The maximum absolute atomic E-state index is 14.0. The van der Waals surface area contributed by atoms with Crippen molar-refractivity contribution in [2.45, 2.75) is 18.9 Å². The highest BCUT2D eigenvalue weighted by Crippen LogP contribution is 2.33. The number of hydrogen-bond acceptors (Lipinski definition) is 5. The summed E-state index contributed by atoms with van der Waals surface area (Å²) in [5.41, 5.74) is 1.16. The predicted molar refractivity (Wildman–Crippen MR) is 97.9 cm³/mol. The molecule has 0 saturated carbocycles. The molecule has 0 N–H and O–H groups in total. The molecule has 1 saturated heterocycles. The van der Waals surface area contributed by atoms with E-state index >= 15 is 0 Å². The van der Waals surface area contributed by atoms with E-state index in [0.29, 0.717) is 6.54 Å². The maximum Gasteiger partial charge on any atom is 0.276 e. The first-order valence-electron chi connectivity index (χ1n) is 9.04. The van der Waals surface area contributed by atoms with Gasteiger partial charge in [0, 0.05) is 18.8 Å². The van der Waals surface area contributed by atoms with Gasteiger partial charge in [0.15, 0.2) is 22.9 Å². The fraction of sp³-hybridized carbons (Fsp3) is 0.200. The normalized spacial score (nSPS) is 16.8. The Bertz CT molecular complexity index is 1170. The Kier molecular flexibility index (Phi) is 3.89. The number of carbonyl (C=O) groups excluding carboxylic acids is 1. The molecular weight excluding hydrogens is 361 g/mol. The van der Waals surface area contributed by atoms with Crippen LogP contribution in [0.2, 0.25) is 0 Å². The number of aromatic nitrogens is 4. The van der Waals surface area contributed by atoms with E-state index in [-0.39, 0.29) is 29.0 Å². The minimum absolute atomic E-state index is 0.152. The van der Waals surface area contributed by atoms with E-state index in [9.17, 15) is 9.18 Å². The first kappa shape index (κ1) is 16.6. The van der Waals surface area contributed by atoms with Crippen molar-refractivity contribution in [3.63, 3.8) is 0 Å². The number of carbonyl (C=O) groups is 1. The van der Waals surface area contributed by atoms with Crippen LogP contribution in [-0.4, -0.2) is 37.1 Å². The van der Waals surface area contributed by atoms with E-state index in [2.05, 4.69) is 15.4 Å². The number of fused-ring (bicyclic) bond motifs is 1. The smallest absolute Gasteiger partial charge is 0.276 e. The van der Waals surface area contributed by atoms with Crippen molar-refractivity contribution in [2.24, 2.45) is 0 Å². The molecule has 0 bridgehead atoms. The van der Waals surface area contributed by atoms with E-state index in [0.717, 1.165) is 24.3 Å². The van der Waals surface area contributed by atoms with Gasteiger partial charge in [-0.2, -0.15) is 0 Å². The van der Waals surface area contributed by atoms with Crippen LogP contribution in [0.25, 0.3) is 17.0 Å². The van der Waals surface area contributed by atoms with E-state index in [1.165, 1.54) is 12.1 Å². The van der Waals surface area contributed by atoms with Gasteiger partial charge in [-0.15, -0.1) is 10.2 Å². The van der Waals surface area contributed by atoms with Crippen molar-refractivity contribution < 1.29 is 13.7 Å². The van der Waals surface area contributed by atoms with Gasteiger partial charge in [-0.1, -0.05) is 23.4 Å². The minimum Gasteiger partial charge on any atom is -0.355 e. The second-order valence-electron chi connectivity index (χ2n) is 6.70. The largest absolute Gasteiger partial charge is 0.355 e. The van der Waals surface area contributed by atoms with Crippen LogP contribution in [0.15, 0.2) is 59.3 Å². The second-order valence-corrected chi connectivity index (χ2v) is 6.70. The topological polar surface area (TPSA) is 76.5 Å². The van der Waals surface area contributed by atoms with Gasteiger partial charge in [-0.05, 0) is 37.1 Å². The molecule has 0 spiro atoms. The molecule has 0 aliphatic carbocycles. The summed E-state index contributed by atoms with van der Waals surface area (Å²) in [6.07, 6.45) is 3.54. The number of rotatable bonds is 3. The lowest BCUT2D eigenvalue weighted by molar-refractivity contribution is 0.0718. The van der Waals surface area contributed by atoms with Gasteiger partial charge in [0.1, 0.15) is 5.82 Å². The SMILES string of the molecule is O=C(c1cc(-c2ccccc2F)on1)N1CCC[C@@H]1c1nnc2ccccn12. The number of pyridine rings is 1. The summed E-state index contributed by atoms with van der Waals surface area (Å²) >= 11 is 0. The Hall–Kier alpha value is -3.55. The van der Waals surface area contributed by atoms with Crippen LogP contribution in [0.1, 0.15) is 35.2 Å². The molecule has 7 nitrogen and oxygen atoms in total. The molecule has 0 radical (unpaired) electrons. The predicted octanol–water partition coefficient (Wildman–Crippen LogP) is 3.50. The third-order valence-corrected chi connectivity index (χ3v) is 5.02. The molecule has 1 amide bonds. The minimum atomic E-state index is -0.424. The second kappa shape index (κ2) is 6.56. The van der Waals surface area contributed by atoms with Crippen molar-refractivity contribution in [1.29, 1.82) is 0 Å². The van der Waals surface area contributed by atoms with E-state index in [1.54, 1.807) is 23.1 Å². The quantitative estimate of drug-likeness (QED) is 0.546. The molecule has 140 valence electrons. The summed E-state index contributed by atoms with van der Waals surface area (Å²) in [4.78, 5) is 14.8. The Morgan fingerprint density at radius 2 is 2.00 bits per heavy atom. The first-order valence-corrected chi connectivity index (χ1v) is 9.04. The van der Waals surface area contributed by atoms with E-state index in [4.69, 9.17) is 4.52 Å². The number of benzene rings is 1. The average Bonchev–Trinajstić information content (AvgIpc) is 3.46. The summed E-state index contributed by atoms with van der Waals surface area (Å²) in [6.45, 7) is 0.590. The number of nitrogens with zero attached hydrogens (tertiary/aromatic N) is 5. The highest BCUT2D eigenvalue weighted by molar-refractivity contribution is 5.93. The molecule has 3 aromatic heterocycles. The molecule has 1 aliphatic rings. The third-order valence-electron chi connectivity index (χ3n) is 5.02. The van der Waals surface area contributed by atoms with Crippen molar-refractivity contribution in [1.82, 2.24) is 24.7 Å². The van der Waals surface area contributed by atoms with Gasteiger partial charge in [0.05, 0.1) is 11.6 Å². The Balaban J connectivity index is 1.46. The maximum atomic E-state index is 14.0. The van der Waals surface area contributed by atoms with Crippen LogP contribution in [0.4, 0.5) is 4.39 Å². The molecule has 4 aromatic rings. The molecule has 5 rings (SSSR count). The van der Waals surface area contributed by atoms with Gasteiger partial charge >= 0.3 is 0 Å². The zero-order valence-electron chi connectivity index (χ0n) is 14.8. The summed E-state index contributed by atoms with van der Waals surface area (Å²) in [7, 11) is 0. The van der Waals surface area contributed by atoms with Gasteiger partial charge < -0.3 is 9.42 Å². The lowest BCUT2D eigenvalue weighted by Crippen LogP contribution is -2.31. The van der Waals surface area contributed by atoms with Crippen LogP contribution in [0, 0.1) is 5.82 Å². The first-order chi connectivity index (χ1) is 13.7. The van der Waals surface area contributed by atoms with Crippen LogP contribution in [-0.2, 0) is 0 Å². The molecule has 0 unspecified atom stereocenters. The summed E-state index contributed by atoms with van der Waals surface area (Å²) in [5.74, 6) is 0.262. The zero-order chi connectivity index (χ0) is 19.1. The molecule has 1 aliphatic heterocycles. The van der Waals surface area contributed by atoms with E-state index < -0.39 is 5.82 Å². The fourth-order valence-corrected chi connectivity index (χ4v) is 3.68. The highest BCUT2D eigenvalue weighted by atomic mass is 19.1. The molecular formula is C20H16FN5O2. The van der Waals surface area contributed by atoms with Gasteiger partial charge in [-0.25, -0.2) is 4.39 Å². The van der Waals surface area contributed by atoms with Crippen LogP contribution in [0.5, 0.6) is 0 Å². The molecule has 8 heteroatoms. The van der Waals surface area contributed by atoms with Crippen molar-refractivity contribution >= 4 is 11.6 Å². The fourth-order valence-electron chi connectivity index (χ4n) is 3.68. The summed E-state index contributed by atoms with van der Waals surface area (Å²) < 4.78 is 21.1. The number of hydrogen-bond donors (Lipinski definition) is 0. The van der Waals surface area contributed by atoms with E-state index in [1.807, 2.05) is 28.8 Å². The summed E-state index contributed by atoms with van der Waals surface area (Å²) in [6, 6.07) is 13.2. The number of amides is 1. The lowest BCUT2D eigenvalue weighted by Gasteiger charge is -2.22.